The van der Waals surface area contributed by atoms with Crippen LogP contribution in [0.5, 0.6) is 0 Å². The number of aromatic nitrogens is 2. The van der Waals surface area contributed by atoms with Crippen LogP contribution in [-0.4, -0.2) is 36.1 Å². The molecule has 1 aromatic carbocycles. The fraction of sp³-hybridized carbons (Fsp3) is 0.188. The van der Waals surface area contributed by atoms with E-state index in [2.05, 4.69) is 15.3 Å². The first-order valence-electron chi connectivity index (χ1n) is 7.22. The first-order valence-corrected chi connectivity index (χ1v) is 8.94. The van der Waals surface area contributed by atoms with Gasteiger partial charge in [-0.05, 0) is 19.1 Å². The molecule has 0 unspecified atom stereocenters. The molecular formula is C16H15N3O4S. The highest BCUT2D eigenvalue weighted by Gasteiger charge is 2.24. The van der Waals surface area contributed by atoms with Crippen molar-refractivity contribution in [3.63, 3.8) is 0 Å². The molecule has 124 valence electrons. The summed E-state index contributed by atoms with van der Waals surface area (Å²) in [5.41, 5.74) is 1.02. The molecule has 0 radical (unpaired) electrons. The summed E-state index contributed by atoms with van der Waals surface area (Å²) in [6.45, 7) is 1.92. The topological polar surface area (TPSA) is 109 Å². The Morgan fingerprint density at radius 3 is 2.79 bits per heavy atom. The zero-order valence-electron chi connectivity index (χ0n) is 12.8. The lowest BCUT2D eigenvalue weighted by atomic mass is 10.1. The summed E-state index contributed by atoms with van der Waals surface area (Å²) < 4.78 is 22.7. The van der Waals surface area contributed by atoms with Crippen molar-refractivity contribution < 1.29 is 13.2 Å². The number of rotatable bonds is 3. The lowest BCUT2D eigenvalue weighted by Crippen LogP contribution is -2.38. The summed E-state index contributed by atoms with van der Waals surface area (Å²) in [5, 5.41) is 3.55. The molecule has 1 amide bonds. The van der Waals surface area contributed by atoms with Crippen LogP contribution < -0.4 is 10.9 Å². The van der Waals surface area contributed by atoms with Crippen molar-refractivity contribution in [2.45, 2.75) is 13.0 Å². The number of sulfone groups is 1. The Morgan fingerprint density at radius 2 is 2.17 bits per heavy atom. The SMILES string of the molecule is Cc1cccc(-c2ncc(C(=O)N[C@H]3C=CS(=O)(=O)C3)c(=O)[nH]2)c1. The molecule has 7 nitrogen and oxygen atoms in total. The van der Waals surface area contributed by atoms with E-state index in [0.29, 0.717) is 5.82 Å². The summed E-state index contributed by atoms with van der Waals surface area (Å²) in [5.74, 6) is -0.499. The van der Waals surface area contributed by atoms with E-state index < -0.39 is 27.3 Å². The van der Waals surface area contributed by atoms with Crippen LogP contribution in [0.15, 0.2) is 46.7 Å². The molecule has 1 aromatic heterocycles. The maximum Gasteiger partial charge on any atom is 0.264 e. The monoisotopic (exact) mass is 345 g/mol. The summed E-state index contributed by atoms with van der Waals surface area (Å²) in [6, 6.07) is 6.80. The average molecular weight is 345 g/mol. The first kappa shape index (κ1) is 16.1. The van der Waals surface area contributed by atoms with Gasteiger partial charge in [-0.15, -0.1) is 0 Å². The molecule has 1 aliphatic heterocycles. The van der Waals surface area contributed by atoms with Gasteiger partial charge < -0.3 is 10.3 Å². The second-order valence-electron chi connectivity index (χ2n) is 5.58. The number of aryl methyl sites for hydroxylation is 1. The van der Waals surface area contributed by atoms with Crippen molar-refractivity contribution in [2.75, 3.05) is 5.75 Å². The molecule has 0 saturated carbocycles. The van der Waals surface area contributed by atoms with Crippen LogP contribution in [0, 0.1) is 6.92 Å². The highest BCUT2D eigenvalue weighted by atomic mass is 32.2. The molecule has 0 fully saturated rings. The third-order valence-corrected chi connectivity index (χ3v) is 4.98. The van der Waals surface area contributed by atoms with Crippen LogP contribution in [0.3, 0.4) is 0 Å². The van der Waals surface area contributed by atoms with E-state index in [1.165, 1.54) is 12.3 Å². The van der Waals surface area contributed by atoms with E-state index in [1.54, 1.807) is 6.07 Å². The number of benzene rings is 1. The molecule has 0 saturated heterocycles. The van der Waals surface area contributed by atoms with E-state index >= 15 is 0 Å². The van der Waals surface area contributed by atoms with Crippen LogP contribution in [-0.2, 0) is 9.84 Å². The highest BCUT2D eigenvalue weighted by molar-refractivity contribution is 7.94. The van der Waals surface area contributed by atoms with E-state index in [-0.39, 0.29) is 11.3 Å². The number of amides is 1. The van der Waals surface area contributed by atoms with Crippen molar-refractivity contribution in [1.29, 1.82) is 0 Å². The van der Waals surface area contributed by atoms with Gasteiger partial charge in [0.15, 0.2) is 9.84 Å². The maximum atomic E-state index is 12.1. The number of nitrogens with one attached hydrogen (secondary N) is 2. The normalized spacial score (nSPS) is 18.5. The fourth-order valence-electron chi connectivity index (χ4n) is 2.41. The molecule has 1 aliphatic rings. The van der Waals surface area contributed by atoms with Gasteiger partial charge in [-0.1, -0.05) is 23.8 Å². The molecule has 0 bridgehead atoms. The fourth-order valence-corrected chi connectivity index (χ4v) is 3.64. The van der Waals surface area contributed by atoms with Crippen molar-refractivity contribution in [3.05, 3.63) is 63.4 Å². The molecule has 2 aromatic rings. The minimum absolute atomic E-state index is 0.163. The number of hydrogen-bond acceptors (Lipinski definition) is 5. The summed E-state index contributed by atoms with van der Waals surface area (Å²) in [7, 11) is -3.28. The lowest BCUT2D eigenvalue weighted by molar-refractivity contribution is 0.0946. The van der Waals surface area contributed by atoms with Crippen molar-refractivity contribution >= 4 is 15.7 Å². The third kappa shape index (κ3) is 3.43. The molecule has 8 heteroatoms. The molecule has 24 heavy (non-hydrogen) atoms. The number of nitrogens with zero attached hydrogens (tertiary/aromatic N) is 1. The van der Waals surface area contributed by atoms with Crippen molar-refractivity contribution in [3.8, 4) is 11.4 Å². The Kier molecular flexibility index (Phi) is 4.06. The maximum absolute atomic E-state index is 12.1. The summed E-state index contributed by atoms with van der Waals surface area (Å²) >= 11 is 0. The van der Waals surface area contributed by atoms with E-state index in [4.69, 9.17) is 0 Å². The van der Waals surface area contributed by atoms with Gasteiger partial charge >= 0.3 is 0 Å². The predicted molar refractivity (Wildman–Crippen MR) is 89.2 cm³/mol. The van der Waals surface area contributed by atoms with Crippen molar-refractivity contribution in [1.82, 2.24) is 15.3 Å². The van der Waals surface area contributed by atoms with Crippen LogP contribution in [0.25, 0.3) is 11.4 Å². The van der Waals surface area contributed by atoms with E-state index in [1.807, 2.05) is 25.1 Å². The Bertz CT molecular complexity index is 992. The average Bonchev–Trinajstić information content (AvgIpc) is 2.85. The number of H-pyrrole nitrogens is 1. The second kappa shape index (κ2) is 6.04. The Morgan fingerprint density at radius 1 is 1.38 bits per heavy atom. The highest BCUT2D eigenvalue weighted by Crippen LogP contribution is 2.14. The van der Waals surface area contributed by atoms with Gasteiger partial charge in [0.2, 0.25) is 0 Å². The van der Waals surface area contributed by atoms with Crippen LogP contribution >= 0.6 is 0 Å². The van der Waals surface area contributed by atoms with Crippen LogP contribution in [0.1, 0.15) is 15.9 Å². The van der Waals surface area contributed by atoms with Gasteiger partial charge in [-0.2, -0.15) is 0 Å². The molecule has 0 aliphatic carbocycles. The standard InChI is InChI=1S/C16H15N3O4S/c1-10-3-2-4-11(7-10)14-17-8-13(16(21)19-14)15(20)18-12-5-6-24(22,23)9-12/h2-8,12H,9H2,1H3,(H,18,20)(H,17,19,21)/t12-/m0/s1. The molecule has 1 atom stereocenters. The minimum atomic E-state index is -3.28. The van der Waals surface area contributed by atoms with Gasteiger partial charge in [0.1, 0.15) is 11.4 Å². The predicted octanol–water partition coefficient (Wildman–Crippen LogP) is 0.786. The van der Waals surface area contributed by atoms with Crippen LogP contribution in [0.4, 0.5) is 0 Å². The van der Waals surface area contributed by atoms with Gasteiger partial charge in [0.25, 0.3) is 11.5 Å². The minimum Gasteiger partial charge on any atom is -0.345 e. The molecular weight excluding hydrogens is 330 g/mol. The quantitative estimate of drug-likeness (QED) is 0.855. The first-order chi connectivity index (χ1) is 11.3. The number of carbonyl (C=O) groups excluding carboxylic acids is 1. The number of hydrogen-bond donors (Lipinski definition) is 2. The van der Waals surface area contributed by atoms with Gasteiger partial charge in [0, 0.05) is 17.2 Å². The third-order valence-electron chi connectivity index (χ3n) is 3.58. The zero-order chi connectivity index (χ0) is 17.3. The van der Waals surface area contributed by atoms with E-state index in [0.717, 1.165) is 16.5 Å². The van der Waals surface area contributed by atoms with Gasteiger partial charge in [-0.25, -0.2) is 13.4 Å². The smallest absolute Gasteiger partial charge is 0.264 e. The van der Waals surface area contributed by atoms with Gasteiger partial charge in [-0.3, -0.25) is 9.59 Å². The van der Waals surface area contributed by atoms with E-state index in [9.17, 15) is 18.0 Å². The Labute approximate surface area is 138 Å². The summed E-state index contributed by atoms with van der Waals surface area (Å²) in [4.78, 5) is 31.0. The summed E-state index contributed by atoms with van der Waals surface area (Å²) in [6.07, 6.45) is 2.58. The number of carbonyl (C=O) groups is 1. The molecule has 2 heterocycles. The number of aromatic amines is 1. The lowest BCUT2D eigenvalue weighted by Gasteiger charge is -2.09. The van der Waals surface area contributed by atoms with Crippen molar-refractivity contribution in [2.24, 2.45) is 0 Å². The Hall–Kier alpha value is -2.74. The largest absolute Gasteiger partial charge is 0.345 e. The molecule has 0 spiro atoms. The molecule has 2 N–H and O–H groups in total. The van der Waals surface area contributed by atoms with Gasteiger partial charge in [0.05, 0.1) is 11.8 Å². The molecule has 3 rings (SSSR count). The second-order valence-corrected chi connectivity index (χ2v) is 7.51. The van der Waals surface area contributed by atoms with Crippen LogP contribution in [0.2, 0.25) is 0 Å². The Balaban J connectivity index is 1.81. The zero-order valence-corrected chi connectivity index (χ0v) is 13.6.